The number of alkyl carbamates (subject to hydrolysis) is 1. The number of sulfone groups is 1. The average molecular weight is 390 g/mol. The van der Waals surface area contributed by atoms with Crippen molar-refractivity contribution in [2.45, 2.75) is 31.4 Å². The number of benzene rings is 2. The van der Waals surface area contributed by atoms with Crippen LogP contribution in [0.1, 0.15) is 18.1 Å². The van der Waals surface area contributed by atoms with Gasteiger partial charge in [0.2, 0.25) is 5.91 Å². The number of carbonyl (C=O) groups is 2. The maximum Gasteiger partial charge on any atom is 0.408 e. The molecule has 0 fully saturated rings. The second-order valence-corrected chi connectivity index (χ2v) is 8.18. The average Bonchev–Trinajstić information content (AvgIpc) is 2.61. The molecule has 2 aromatic carbocycles. The number of hydrogen-bond acceptors (Lipinski definition) is 5. The number of anilines is 1. The van der Waals surface area contributed by atoms with Crippen LogP contribution in [0.5, 0.6) is 0 Å². The lowest BCUT2D eigenvalue weighted by Gasteiger charge is -2.16. The highest BCUT2D eigenvalue weighted by Gasteiger charge is 2.18. The molecule has 27 heavy (non-hydrogen) atoms. The van der Waals surface area contributed by atoms with Gasteiger partial charge in [-0.1, -0.05) is 36.4 Å². The Morgan fingerprint density at radius 2 is 1.78 bits per heavy atom. The van der Waals surface area contributed by atoms with Gasteiger partial charge in [-0.25, -0.2) is 13.2 Å². The van der Waals surface area contributed by atoms with Crippen molar-refractivity contribution in [1.29, 1.82) is 0 Å². The number of nitrogens with one attached hydrogen (secondary N) is 2. The largest absolute Gasteiger partial charge is 0.445 e. The summed E-state index contributed by atoms with van der Waals surface area (Å²) in [5.41, 5.74) is 1.90. The molecule has 8 heteroatoms. The molecule has 0 spiro atoms. The monoisotopic (exact) mass is 390 g/mol. The highest BCUT2D eigenvalue weighted by atomic mass is 32.2. The van der Waals surface area contributed by atoms with Crippen molar-refractivity contribution >= 4 is 27.5 Å². The molecule has 0 aliphatic rings. The molecule has 0 bridgehead atoms. The van der Waals surface area contributed by atoms with Gasteiger partial charge in [-0.15, -0.1) is 0 Å². The van der Waals surface area contributed by atoms with E-state index in [0.717, 1.165) is 11.8 Å². The molecule has 2 N–H and O–H groups in total. The van der Waals surface area contributed by atoms with Crippen molar-refractivity contribution in [3.63, 3.8) is 0 Å². The van der Waals surface area contributed by atoms with E-state index in [1.807, 2.05) is 30.3 Å². The van der Waals surface area contributed by atoms with Gasteiger partial charge in [0, 0.05) is 11.9 Å². The summed E-state index contributed by atoms with van der Waals surface area (Å²) < 4.78 is 28.4. The number of rotatable bonds is 6. The third kappa shape index (κ3) is 6.10. The van der Waals surface area contributed by atoms with Crippen LogP contribution in [0, 0.1) is 6.92 Å². The Hall–Kier alpha value is -2.87. The van der Waals surface area contributed by atoms with E-state index in [2.05, 4.69) is 10.6 Å². The lowest BCUT2D eigenvalue weighted by atomic mass is 10.2. The van der Waals surface area contributed by atoms with Gasteiger partial charge < -0.3 is 15.4 Å². The van der Waals surface area contributed by atoms with Crippen LogP contribution in [-0.4, -0.2) is 32.7 Å². The zero-order valence-electron chi connectivity index (χ0n) is 15.4. The van der Waals surface area contributed by atoms with Gasteiger partial charge in [0.15, 0.2) is 9.84 Å². The molecule has 144 valence electrons. The highest BCUT2D eigenvalue weighted by Crippen LogP contribution is 2.20. The Morgan fingerprint density at radius 3 is 2.41 bits per heavy atom. The molecule has 2 amide bonds. The summed E-state index contributed by atoms with van der Waals surface area (Å²) in [7, 11) is -3.39. The number of hydrogen-bond donors (Lipinski definition) is 2. The number of carbonyl (C=O) groups excluding carboxylic acids is 2. The molecule has 0 saturated heterocycles. The van der Waals surface area contributed by atoms with Crippen LogP contribution in [0.2, 0.25) is 0 Å². The Balaban J connectivity index is 1.94. The molecular weight excluding hydrogens is 368 g/mol. The molecular formula is C19H22N2O5S. The maximum atomic E-state index is 12.3. The number of ether oxygens (including phenoxy) is 1. The van der Waals surface area contributed by atoms with E-state index >= 15 is 0 Å². The minimum absolute atomic E-state index is 0.0938. The Morgan fingerprint density at radius 1 is 1.11 bits per heavy atom. The molecule has 2 aromatic rings. The van der Waals surface area contributed by atoms with Crippen molar-refractivity contribution in [2.75, 3.05) is 11.6 Å². The van der Waals surface area contributed by atoms with Gasteiger partial charge >= 0.3 is 6.09 Å². The summed E-state index contributed by atoms with van der Waals surface area (Å²) >= 11 is 0. The molecule has 0 aliphatic carbocycles. The predicted octanol–water partition coefficient (Wildman–Crippen LogP) is 2.65. The van der Waals surface area contributed by atoms with Crippen molar-refractivity contribution in [3.05, 3.63) is 59.7 Å². The minimum atomic E-state index is -3.39. The maximum absolute atomic E-state index is 12.3. The topological polar surface area (TPSA) is 102 Å². The van der Waals surface area contributed by atoms with Crippen LogP contribution in [0.25, 0.3) is 0 Å². The Kier molecular flexibility index (Phi) is 6.57. The van der Waals surface area contributed by atoms with Gasteiger partial charge in [-0.05, 0) is 37.1 Å². The van der Waals surface area contributed by atoms with E-state index in [1.54, 1.807) is 13.0 Å². The first-order chi connectivity index (χ1) is 12.7. The van der Waals surface area contributed by atoms with Gasteiger partial charge in [0.25, 0.3) is 0 Å². The van der Waals surface area contributed by atoms with Crippen molar-refractivity contribution in [2.24, 2.45) is 0 Å². The van der Waals surface area contributed by atoms with Gasteiger partial charge in [-0.2, -0.15) is 0 Å². The minimum Gasteiger partial charge on any atom is -0.445 e. The van der Waals surface area contributed by atoms with E-state index in [1.165, 1.54) is 19.1 Å². The summed E-state index contributed by atoms with van der Waals surface area (Å²) in [6, 6.07) is 12.8. The smallest absolute Gasteiger partial charge is 0.408 e. The quantitative estimate of drug-likeness (QED) is 0.790. The molecule has 0 saturated carbocycles. The molecule has 2 rings (SSSR count). The number of amides is 2. The molecule has 0 aliphatic heterocycles. The SMILES string of the molecule is Cc1ccc(S(C)(=O)=O)cc1NC(=O)C(C)NC(=O)OCc1ccccc1. The summed E-state index contributed by atoms with van der Waals surface area (Å²) in [6.45, 7) is 3.35. The first-order valence-corrected chi connectivity index (χ1v) is 10.1. The first kappa shape index (κ1) is 20.4. The van der Waals surface area contributed by atoms with Crippen LogP contribution < -0.4 is 10.6 Å². The van der Waals surface area contributed by atoms with E-state index in [0.29, 0.717) is 11.3 Å². The molecule has 0 radical (unpaired) electrons. The van der Waals surface area contributed by atoms with Gasteiger partial charge in [0.1, 0.15) is 12.6 Å². The summed E-state index contributed by atoms with van der Waals surface area (Å²) in [4.78, 5) is 24.3. The fourth-order valence-electron chi connectivity index (χ4n) is 2.21. The van der Waals surface area contributed by atoms with Crippen molar-refractivity contribution < 1.29 is 22.7 Å². The Labute approximate surface area is 158 Å². The van der Waals surface area contributed by atoms with Crippen LogP contribution in [0.3, 0.4) is 0 Å². The summed E-state index contributed by atoms with van der Waals surface area (Å²) in [6.07, 6.45) is 0.374. The van der Waals surface area contributed by atoms with Crippen molar-refractivity contribution in [1.82, 2.24) is 5.32 Å². The summed E-state index contributed by atoms with van der Waals surface area (Å²) in [5, 5.41) is 5.07. The predicted molar refractivity (Wildman–Crippen MR) is 102 cm³/mol. The fourth-order valence-corrected chi connectivity index (χ4v) is 2.86. The van der Waals surface area contributed by atoms with Crippen molar-refractivity contribution in [3.8, 4) is 0 Å². The molecule has 0 aromatic heterocycles. The molecule has 0 heterocycles. The van der Waals surface area contributed by atoms with Crippen LogP contribution in [0.4, 0.5) is 10.5 Å². The van der Waals surface area contributed by atoms with Gasteiger partial charge in [-0.3, -0.25) is 4.79 Å². The van der Waals surface area contributed by atoms with Crippen LogP contribution in [-0.2, 0) is 26.0 Å². The first-order valence-electron chi connectivity index (χ1n) is 8.25. The number of aryl methyl sites for hydroxylation is 1. The lowest BCUT2D eigenvalue weighted by Crippen LogP contribution is -2.41. The molecule has 1 atom stereocenters. The normalized spacial score (nSPS) is 12.1. The van der Waals surface area contributed by atoms with Crippen LogP contribution in [0.15, 0.2) is 53.4 Å². The van der Waals surface area contributed by atoms with Gasteiger partial charge in [0.05, 0.1) is 4.90 Å². The standard InChI is InChI=1S/C19H22N2O5S/c1-13-9-10-16(27(3,24)25)11-17(13)21-18(22)14(2)20-19(23)26-12-15-7-5-4-6-8-15/h4-11,14H,12H2,1-3H3,(H,20,23)(H,21,22). The van der Waals surface area contributed by atoms with E-state index in [9.17, 15) is 18.0 Å². The lowest BCUT2D eigenvalue weighted by molar-refractivity contribution is -0.117. The highest BCUT2D eigenvalue weighted by molar-refractivity contribution is 7.90. The molecule has 1 unspecified atom stereocenters. The second-order valence-electron chi connectivity index (χ2n) is 6.17. The fraction of sp³-hybridized carbons (Fsp3) is 0.263. The van der Waals surface area contributed by atoms with E-state index in [4.69, 9.17) is 4.74 Å². The third-order valence-corrected chi connectivity index (χ3v) is 4.95. The zero-order chi connectivity index (χ0) is 20.0. The zero-order valence-corrected chi connectivity index (χ0v) is 16.2. The Bertz CT molecular complexity index is 926. The van der Waals surface area contributed by atoms with E-state index < -0.39 is 27.9 Å². The van der Waals surface area contributed by atoms with Crippen LogP contribution >= 0.6 is 0 Å². The van der Waals surface area contributed by atoms with E-state index in [-0.39, 0.29) is 11.5 Å². The molecule has 7 nitrogen and oxygen atoms in total. The summed E-state index contributed by atoms with van der Waals surface area (Å²) in [5.74, 6) is -0.486. The second kappa shape index (κ2) is 8.68. The third-order valence-electron chi connectivity index (χ3n) is 3.84.